The second-order valence-corrected chi connectivity index (χ2v) is 9.92. The number of nitrogens with zero attached hydrogens (tertiary/aromatic N) is 3. The molecular formula is C27H23F2N5O4S. The lowest BCUT2D eigenvalue weighted by Gasteiger charge is -2.31. The lowest BCUT2D eigenvalue weighted by molar-refractivity contribution is 0.0711. The van der Waals surface area contributed by atoms with Crippen molar-refractivity contribution in [1.82, 2.24) is 25.9 Å². The monoisotopic (exact) mass is 551 g/mol. The highest BCUT2D eigenvalue weighted by Crippen LogP contribution is 2.32. The van der Waals surface area contributed by atoms with E-state index in [-0.39, 0.29) is 23.1 Å². The zero-order chi connectivity index (χ0) is 27.5. The first-order valence-corrected chi connectivity index (χ1v) is 13.0. The van der Waals surface area contributed by atoms with E-state index < -0.39 is 23.4 Å². The number of amides is 3. The molecule has 12 heteroatoms. The fourth-order valence-electron chi connectivity index (χ4n) is 4.42. The van der Waals surface area contributed by atoms with Gasteiger partial charge in [-0.1, -0.05) is 35.5 Å². The van der Waals surface area contributed by atoms with Crippen LogP contribution in [0, 0.1) is 18.6 Å². The van der Waals surface area contributed by atoms with Crippen LogP contribution in [0.2, 0.25) is 0 Å². The first-order valence-electron chi connectivity index (χ1n) is 12.1. The number of benzene rings is 2. The Morgan fingerprint density at radius 1 is 1.00 bits per heavy atom. The summed E-state index contributed by atoms with van der Waals surface area (Å²) in [6, 6.07) is 11.8. The quantitative estimate of drug-likeness (QED) is 0.353. The Bertz CT molecular complexity index is 1510. The van der Waals surface area contributed by atoms with Crippen LogP contribution < -0.4 is 10.9 Å². The second kappa shape index (κ2) is 11.1. The van der Waals surface area contributed by atoms with Crippen molar-refractivity contribution >= 4 is 29.1 Å². The van der Waals surface area contributed by atoms with Gasteiger partial charge in [0.25, 0.3) is 17.7 Å². The number of hydrogen-bond donors (Lipinski definition) is 2. The van der Waals surface area contributed by atoms with Gasteiger partial charge in [-0.15, -0.1) is 11.3 Å². The zero-order valence-electron chi connectivity index (χ0n) is 20.7. The number of aromatic nitrogens is 2. The SMILES string of the molecule is Cc1onc(-c2ccccc2)c1C(=O)N1CCC(c2nc(C(=O)NNC(=O)c3cc(F)cc(F)c3)cs2)CC1. The van der Waals surface area contributed by atoms with E-state index in [0.29, 0.717) is 49.0 Å². The summed E-state index contributed by atoms with van der Waals surface area (Å²) in [5.41, 5.74) is 5.95. The maximum absolute atomic E-state index is 13.4. The Morgan fingerprint density at radius 2 is 1.67 bits per heavy atom. The van der Waals surface area contributed by atoms with Gasteiger partial charge in [-0.3, -0.25) is 25.2 Å². The molecule has 3 heterocycles. The molecule has 0 spiro atoms. The summed E-state index contributed by atoms with van der Waals surface area (Å²) >= 11 is 1.32. The van der Waals surface area contributed by atoms with Crippen molar-refractivity contribution < 1.29 is 27.7 Å². The number of hydrogen-bond acceptors (Lipinski definition) is 7. The predicted octanol–water partition coefficient (Wildman–Crippen LogP) is 4.48. The summed E-state index contributed by atoms with van der Waals surface area (Å²) in [6.07, 6.45) is 1.32. The number of rotatable bonds is 5. The molecule has 39 heavy (non-hydrogen) atoms. The van der Waals surface area contributed by atoms with Gasteiger partial charge in [0, 0.05) is 41.6 Å². The molecule has 0 atom stereocenters. The Labute approximate surface area is 225 Å². The molecule has 1 saturated heterocycles. The Kier molecular flexibility index (Phi) is 7.46. The van der Waals surface area contributed by atoms with E-state index in [9.17, 15) is 23.2 Å². The van der Waals surface area contributed by atoms with E-state index in [1.165, 1.54) is 11.3 Å². The van der Waals surface area contributed by atoms with Crippen molar-refractivity contribution in [3.8, 4) is 11.3 Å². The van der Waals surface area contributed by atoms with Gasteiger partial charge in [-0.25, -0.2) is 13.8 Å². The average molecular weight is 552 g/mol. The van der Waals surface area contributed by atoms with Crippen molar-refractivity contribution in [2.75, 3.05) is 13.1 Å². The third kappa shape index (κ3) is 5.70. The van der Waals surface area contributed by atoms with Gasteiger partial charge < -0.3 is 9.42 Å². The average Bonchev–Trinajstić information content (AvgIpc) is 3.58. The van der Waals surface area contributed by atoms with E-state index in [2.05, 4.69) is 21.0 Å². The highest BCUT2D eigenvalue weighted by atomic mass is 32.1. The van der Waals surface area contributed by atoms with E-state index in [0.717, 1.165) is 22.7 Å². The summed E-state index contributed by atoms with van der Waals surface area (Å²) in [5, 5.41) is 6.43. The summed E-state index contributed by atoms with van der Waals surface area (Å²) in [7, 11) is 0. The van der Waals surface area contributed by atoms with E-state index >= 15 is 0 Å². The second-order valence-electron chi connectivity index (χ2n) is 9.03. The van der Waals surface area contributed by atoms with Crippen molar-refractivity contribution in [1.29, 1.82) is 0 Å². The number of thiazole rings is 1. The molecule has 5 rings (SSSR count). The van der Waals surface area contributed by atoms with Crippen LogP contribution in [0.1, 0.15) is 60.7 Å². The Morgan fingerprint density at radius 3 is 2.36 bits per heavy atom. The highest BCUT2D eigenvalue weighted by Gasteiger charge is 2.31. The minimum Gasteiger partial charge on any atom is -0.360 e. The van der Waals surface area contributed by atoms with E-state index in [1.807, 2.05) is 30.3 Å². The minimum absolute atomic E-state index is 0.0580. The number of carbonyl (C=O) groups excluding carboxylic acids is 3. The van der Waals surface area contributed by atoms with Crippen LogP contribution in [-0.4, -0.2) is 45.9 Å². The number of halogens is 2. The summed E-state index contributed by atoms with van der Waals surface area (Å²) in [6.45, 7) is 2.73. The molecule has 2 N–H and O–H groups in total. The summed E-state index contributed by atoms with van der Waals surface area (Å²) in [4.78, 5) is 44.1. The fraction of sp³-hybridized carbons (Fsp3) is 0.222. The normalized spacial score (nSPS) is 13.8. The number of piperidine rings is 1. The first kappa shape index (κ1) is 26.2. The molecule has 0 saturated carbocycles. The van der Waals surface area contributed by atoms with Crippen LogP contribution in [0.25, 0.3) is 11.3 Å². The lowest BCUT2D eigenvalue weighted by atomic mass is 9.96. The summed E-state index contributed by atoms with van der Waals surface area (Å²) < 4.78 is 32.0. The van der Waals surface area contributed by atoms with Crippen LogP contribution in [0.5, 0.6) is 0 Å². The maximum atomic E-state index is 13.4. The molecule has 1 aliphatic rings. The molecule has 9 nitrogen and oxygen atoms in total. The molecule has 2 aromatic heterocycles. The zero-order valence-corrected chi connectivity index (χ0v) is 21.6. The van der Waals surface area contributed by atoms with Crippen LogP contribution in [0.4, 0.5) is 8.78 Å². The largest absolute Gasteiger partial charge is 0.360 e. The number of aryl methyl sites for hydroxylation is 1. The van der Waals surface area contributed by atoms with Gasteiger partial charge in [0.1, 0.15) is 34.3 Å². The molecule has 2 aromatic carbocycles. The molecule has 1 aliphatic heterocycles. The lowest BCUT2D eigenvalue weighted by Crippen LogP contribution is -2.41. The van der Waals surface area contributed by atoms with Gasteiger partial charge >= 0.3 is 0 Å². The van der Waals surface area contributed by atoms with Crippen LogP contribution in [0.15, 0.2) is 58.4 Å². The summed E-state index contributed by atoms with van der Waals surface area (Å²) in [5.74, 6) is -2.96. The van der Waals surface area contributed by atoms with Gasteiger partial charge in [0.05, 0.1) is 5.01 Å². The smallest absolute Gasteiger partial charge is 0.289 e. The molecule has 0 aliphatic carbocycles. The molecule has 0 bridgehead atoms. The van der Waals surface area contributed by atoms with Gasteiger partial charge in [0.2, 0.25) is 0 Å². The molecule has 0 unspecified atom stereocenters. The van der Waals surface area contributed by atoms with E-state index in [4.69, 9.17) is 4.52 Å². The van der Waals surface area contributed by atoms with Gasteiger partial charge in [-0.05, 0) is 31.9 Å². The number of carbonyl (C=O) groups is 3. The Hall–Kier alpha value is -4.45. The third-order valence-electron chi connectivity index (χ3n) is 6.42. The minimum atomic E-state index is -0.906. The van der Waals surface area contributed by atoms with Crippen LogP contribution >= 0.6 is 11.3 Å². The molecule has 3 amide bonds. The van der Waals surface area contributed by atoms with Gasteiger partial charge in [-0.2, -0.15) is 0 Å². The highest BCUT2D eigenvalue weighted by molar-refractivity contribution is 7.09. The molecule has 4 aromatic rings. The van der Waals surface area contributed by atoms with Crippen molar-refractivity contribution in [2.24, 2.45) is 0 Å². The van der Waals surface area contributed by atoms with Gasteiger partial charge in [0.15, 0.2) is 0 Å². The Balaban J connectivity index is 1.18. The standard InChI is InChI=1S/C27H23F2N5O4S/c1-15-22(23(33-38-15)16-5-3-2-4-6-16)27(37)34-9-7-17(8-10-34)26-30-21(14-39-26)25(36)32-31-24(35)18-11-19(28)13-20(29)12-18/h2-6,11-14,17H,7-10H2,1H3,(H,31,35)(H,32,36). The third-order valence-corrected chi connectivity index (χ3v) is 7.43. The van der Waals surface area contributed by atoms with Crippen molar-refractivity contribution in [2.45, 2.75) is 25.7 Å². The first-order chi connectivity index (χ1) is 18.8. The number of likely N-dealkylation sites (tertiary alicyclic amines) is 1. The molecule has 1 fully saturated rings. The number of nitrogens with one attached hydrogen (secondary N) is 2. The molecule has 0 radical (unpaired) electrons. The number of hydrazine groups is 1. The van der Waals surface area contributed by atoms with Crippen LogP contribution in [-0.2, 0) is 0 Å². The molecule has 200 valence electrons. The molecular weight excluding hydrogens is 528 g/mol. The maximum Gasteiger partial charge on any atom is 0.289 e. The van der Waals surface area contributed by atoms with Crippen molar-refractivity contribution in [3.63, 3.8) is 0 Å². The van der Waals surface area contributed by atoms with Crippen molar-refractivity contribution in [3.05, 3.63) is 93.1 Å². The van der Waals surface area contributed by atoms with E-state index in [1.54, 1.807) is 17.2 Å². The van der Waals surface area contributed by atoms with Crippen LogP contribution in [0.3, 0.4) is 0 Å². The fourth-order valence-corrected chi connectivity index (χ4v) is 5.39. The predicted molar refractivity (Wildman–Crippen MR) is 138 cm³/mol. The topological polar surface area (TPSA) is 117 Å².